The molecule has 0 fully saturated rings. The number of nitrogens with zero attached hydrogens (tertiary/aromatic N) is 3. The van der Waals surface area contributed by atoms with Crippen LogP contribution in [0.2, 0.25) is 0 Å². The Bertz CT molecular complexity index is 362. The van der Waals surface area contributed by atoms with Crippen LogP contribution in [0.15, 0.2) is 24.7 Å². The van der Waals surface area contributed by atoms with E-state index in [1.165, 1.54) is 0 Å². The average Bonchev–Trinajstić information content (AvgIpc) is 2.72. The first-order valence-electron chi connectivity index (χ1n) is 4.06. The molecule has 0 radical (unpaired) electrons. The van der Waals surface area contributed by atoms with Crippen LogP contribution in [0.5, 0.6) is 0 Å². The molecule has 0 saturated carbocycles. The lowest BCUT2D eigenvalue weighted by molar-refractivity contribution is 0.769. The highest BCUT2D eigenvalue weighted by Crippen LogP contribution is 2.05. The molecule has 2 heterocycles. The minimum Gasteiger partial charge on any atom is -0.366 e. The number of H-pyrrole nitrogens is 1. The first-order valence-corrected chi connectivity index (χ1v) is 4.06. The number of hydrogen-bond acceptors (Lipinski definition) is 3. The summed E-state index contributed by atoms with van der Waals surface area (Å²) < 4.78 is 1.79. The van der Waals surface area contributed by atoms with Crippen LogP contribution >= 0.6 is 0 Å². The fourth-order valence-electron chi connectivity index (χ4n) is 1.11. The third-order valence-electron chi connectivity index (χ3n) is 1.85. The van der Waals surface area contributed by atoms with E-state index in [-0.39, 0.29) is 0 Å². The highest BCUT2D eigenvalue weighted by molar-refractivity contribution is 5.34. The summed E-state index contributed by atoms with van der Waals surface area (Å²) >= 11 is 0. The van der Waals surface area contributed by atoms with Gasteiger partial charge in [-0.3, -0.25) is 9.78 Å². The first kappa shape index (κ1) is 7.85. The topological polar surface area (TPSA) is 58.5 Å². The van der Waals surface area contributed by atoms with Gasteiger partial charge in [-0.05, 0) is 0 Å². The number of rotatable bonds is 3. The lowest BCUT2D eigenvalue weighted by atomic mass is 10.3. The molecule has 68 valence electrons. The standard InChI is InChI=1S/C8H11N5/c1-13-8(2-3-12-13)9-4-7-5-10-11-6-7/h2-3,5-6,9H,4H2,1H3,(H,10,11). The van der Waals surface area contributed by atoms with Gasteiger partial charge < -0.3 is 5.32 Å². The van der Waals surface area contributed by atoms with Crippen molar-refractivity contribution in [1.29, 1.82) is 0 Å². The van der Waals surface area contributed by atoms with E-state index < -0.39 is 0 Å². The summed E-state index contributed by atoms with van der Waals surface area (Å²) in [6, 6.07) is 1.93. The van der Waals surface area contributed by atoms with Gasteiger partial charge >= 0.3 is 0 Å². The van der Waals surface area contributed by atoms with E-state index in [1.54, 1.807) is 17.1 Å². The van der Waals surface area contributed by atoms with Crippen molar-refractivity contribution in [2.45, 2.75) is 6.54 Å². The van der Waals surface area contributed by atoms with E-state index in [1.807, 2.05) is 19.3 Å². The van der Waals surface area contributed by atoms with E-state index in [0.717, 1.165) is 17.9 Å². The van der Waals surface area contributed by atoms with Crippen LogP contribution in [0.4, 0.5) is 5.82 Å². The molecule has 0 aliphatic rings. The Labute approximate surface area is 75.8 Å². The molecule has 2 aromatic rings. The number of aromatic amines is 1. The van der Waals surface area contributed by atoms with Crippen molar-refractivity contribution in [3.63, 3.8) is 0 Å². The van der Waals surface area contributed by atoms with E-state index >= 15 is 0 Å². The third-order valence-corrected chi connectivity index (χ3v) is 1.85. The van der Waals surface area contributed by atoms with Crippen LogP contribution in [-0.2, 0) is 13.6 Å². The Morgan fingerprint density at radius 2 is 2.54 bits per heavy atom. The number of aromatic nitrogens is 4. The van der Waals surface area contributed by atoms with E-state index in [9.17, 15) is 0 Å². The SMILES string of the molecule is Cn1nccc1NCc1cn[nH]c1. The molecule has 0 bridgehead atoms. The van der Waals surface area contributed by atoms with Crippen molar-refractivity contribution in [3.05, 3.63) is 30.2 Å². The second-order valence-corrected chi connectivity index (χ2v) is 2.80. The van der Waals surface area contributed by atoms with E-state index in [4.69, 9.17) is 0 Å². The molecule has 0 atom stereocenters. The number of aryl methyl sites for hydroxylation is 1. The Kier molecular flexibility index (Phi) is 1.99. The molecule has 0 aromatic carbocycles. The summed E-state index contributed by atoms with van der Waals surface area (Å²) in [5.74, 6) is 1.00. The van der Waals surface area contributed by atoms with Gasteiger partial charge in [0.15, 0.2) is 0 Å². The van der Waals surface area contributed by atoms with Gasteiger partial charge in [0.1, 0.15) is 5.82 Å². The summed E-state index contributed by atoms with van der Waals surface area (Å²) in [6.45, 7) is 0.760. The number of nitrogens with one attached hydrogen (secondary N) is 2. The van der Waals surface area contributed by atoms with Crippen LogP contribution in [0, 0.1) is 0 Å². The van der Waals surface area contributed by atoms with Crippen LogP contribution in [0.1, 0.15) is 5.56 Å². The van der Waals surface area contributed by atoms with Gasteiger partial charge in [0.25, 0.3) is 0 Å². The maximum Gasteiger partial charge on any atom is 0.124 e. The minimum absolute atomic E-state index is 0.760. The van der Waals surface area contributed by atoms with Crippen molar-refractivity contribution in [1.82, 2.24) is 20.0 Å². The molecular formula is C8H11N5. The third kappa shape index (κ3) is 1.69. The molecule has 13 heavy (non-hydrogen) atoms. The minimum atomic E-state index is 0.760. The van der Waals surface area contributed by atoms with Crippen LogP contribution in [-0.4, -0.2) is 20.0 Å². The Morgan fingerprint density at radius 1 is 1.62 bits per heavy atom. The van der Waals surface area contributed by atoms with Gasteiger partial charge in [-0.1, -0.05) is 0 Å². The van der Waals surface area contributed by atoms with Crippen LogP contribution in [0.25, 0.3) is 0 Å². The highest BCUT2D eigenvalue weighted by atomic mass is 15.3. The van der Waals surface area contributed by atoms with Gasteiger partial charge in [-0.2, -0.15) is 10.2 Å². The predicted molar refractivity (Wildman–Crippen MR) is 49.1 cm³/mol. The molecule has 0 saturated heterocycles. The molecule has 0 unspecified atom stereocenters. The summed E-state index contributed by atoms with van der Waals surface area (Å²) in [5, 5.41) is 13.9. The quantitative estimate of drug-likeness (QED) is 0.727. The molecule has 5 heteroatoms. The molecule has 0 aliphatic heterocycles. The molecule has 0 aliphatic carbocycles. The number of hydrogen-bond donors (Lipinski definition) is 2. The summed E-state index contributed by atoms with van der Waals surface area (Å²) in [7, 11) is 1.90. The Morgan fingerprint density at radius 3 is 3.15 bits per heavy atom. The lowest BCUT2D eigenvalue weighted by Crippen LogP contribution is -2.03. The molecule has 2 rings (SSSR count). The molecule has 2 N–H and O–H groups in total. The summed E-state index contributed by atoms with van der Waals surface area (Å²) in [6.07, 6.45) is 5.42. The van der Waals surface area contributed by atoms with Crippen molar-refractivity contribution in [3.8, 4) is 0 Å². The van der Waals surface area contributed by atoms with E-state index in [2.05, 4.69) is 20.6 Å². The van der Waals surface area contributed by atoms with Gasteiger partial charge in [-0.25, -0.2) is 0 Å². The fraction of sp³-hybridized carbons (Fsp3) is 0.250. The van der Waals surface area contributed by atoms with Crippen LogP contribution < -0.4 is 5.32 Å². The molecular weight excluding hydrogens is 166 g/mol. The van der Waals surface area contributed by atoms with Crippen LogP contribution in [0.3, 0.4) is 0 Å². The molecule has 0 spiro atoms. The maximum atomic E-state index is 4.05. The maximum absolute atomic E-state index is 4.05. The lowest BCUT2D eigenvalue weighted by Gasteiger charge is -2.03. The zero-order valence-corrected chi connectivity index (χ0v) is 7.36. The fourth-order valence-corrected chi connectivity index (χ4v) is 1.11. The van der Waals surface area contributed by atoms with Gasteiger partial charge in [0.2, 0.25) is 0 Å². The smallest absolute Gasteiger partial charge is 0.124 e. The molecule has 5 nitrogen and oxygen atoms in total. The second-order valence-electron chi connectivity index (χ2n) is 2.80. The van der Waals surface area contributed by atoms with E-state index in [0.29, 0.717) is 0 Å². The van der Waals surface area contributed by atoms with Crippen molar-refractivity contribution < 1.29 is 0 Å². The zero-order chi connectivity index (χ0) is 9.10. The van der Waals surface area contributed by atoms with Gasteiger partial charge in [0.05, 0.1) is 12.4 Å². The van der Waals surface area contributed by atoms with Gasteiger partial charge in [-0.15, -0.1) is 0 Å². The van der Waals surface area contributed by atoms with Crippen molar-refractivity contribution in [2.75, 3.05) is 5.32 Å². The Hall–Kier alpha value is -1.78. The Balaban J connectivity index is 1.97. The summed E-state index contributed by atoms with van der Waals surface area (Å²) in [4.78, 5) is 0. The van der Waals surface area contributed by atoms with Crippen molar-refractivity contribution in [2.24, 2.45) is 7.05 Å². The predicted octanol–water partition coefficient (Wildman–Crippen LogP) is 0.755. The average molecular weight is 177 g/mol. The van der Waals surface area contributed by atoms with Gasteiger partial charge in [0, 0.05) is 31.4 Å². The van der Waals surface area contributed by atoms with Crippen molar-refractivity contribution >= 4 is 5.82 Å². The first-order chi connectivity index (χ1) is 6.36. The number of anilines is 1. The second kappa shape index (κ2) is 3.30. The highest BCUT2D eigenvalue weighted by Gasteiger charge is 1.97. The molecule has 0 amide bonds. The molecule has 2 aromatic heterocycles. The zero-order valence-electron chi connectivity index (χ0n) is 7.36. The largest absolute Gasteiger partial charge is 0.366 e. The summed E-state index contributed by atoms with van der Waals surface area (Å²) in [5.41, 5.74) is 1.13. The normalized spacial score (nSPS) is 10.2. The monoisotopic (exact) mass is 177 g/mol.